The van der Waals surface area contributed by atoms with Crippen LogP contribution in [0.2, 0.25) is 0 Å². The van der Waals surface area contributed by atoms with Crippen LogP contribution in [-0.4, -0.2) is 24.5 Å². The van der Waals surface area contributed by atoms with Gasteiger partial charge in [0, 0.05) is 42.5 Å². The zero-order chi connectivity index (χ0) is 21.8. The summed E-state index contributed by atoms with van der Waals surface area (Å²) in [6.07, 6.45) is 8.64. The molecular weight excluding hydrogens is 412 g/mol. The first-order chi connectivity index (χ1) is 14.9. The number of benzene rings is 1. The molecule has 164 valence electrons. The van der Waals surface area contributed by atoms with Gasteiger partial charge < -0.3 is 14.9 Å². The van der Waals surface area contributed by atoms with Crippen molar-refractivity contribution in [2.75, 3.05) is 6.54 Å². The van der Waals surface area contributed by atoms with Gasteiger partial charge in [0.1, 0.15) is 5.52 Å². The molecule has 31 heavy (non-hydrogen) atoms. The van der Waals surface area contributed by atoms with Gasteiger partial charge in [-0.25, -0.2) is 13.1 Å². The molecule has 5 rings (SSSR count). The molecule has 0 amide bonds. The summed E-state index contributed by atoms with van der Waals surface area (Å²) in [7, 11) is -0.931. The van der Waals surface area contributed by atoms with E-state index in [1.165, 1.54) is 24.8 Å². The Kier molecular flexibility index (Phi) is 5.03. The third-order valence-electron chi connectivity index (χ3n) is 7.08. The molecule has 2 aromatic heterocycles. The highest BCUT2D eigenvalue weighted by Gasteiger charge is 2.46. The summed E-state index contributed by atoms with van der Waals surface area (Å²) in [6.45, 7) is 2.85. The number of piperidine rings is 1. The Morgan fingerprint density at radius 3 is 2.74 bits per heavy atom. The number of hydrogen-bond donors (Lipinski definition) is 4. The zero-order valence-electron chi connectivity index (χ0n) is 17.8. The first-order valence-corrected chi connectivity index (χ1v) is 12.0. The molecule has 3 N–H and O–H groups in total. The van der Waals surface area contributed by atoms with E-state index in [-0.39, 0.29) is 17.6 Å². The second kappa shape index (κ2) is 7.62. The molecular formula is C23H28N4O3S. The number of aryl methyl sites for hydroxylation is 1. The highest BCUT2D eigenvalue weighted by Crippen LogP contribution is 2.56. The van der Waals surface area contributed by atoms with E-state index in [1.54, 1.807) is 17.8 Å². The lowest BCUT2D eigenvalue weighted by atomic mass is 9.82. The maximum Gasteiger partial charge on any atom is 0.274 e. The van der Waals surface area contributed by atoms with Gasteiger partial charge in [-0.05, 0) is 73.4 Å². The van der Waals surface area contributed by atoms with E-state index >= 15 is 0 Å². The molecule has 2 aliphatic rings. The van der Waals surface area contributed by atoms with Crippen molar-refractivity contribution < 1.29 is 8.42 Å². The number of fused-ring (bicyclic) bond motifs is 1. The molecule has 3 aromatic rings. The Morgan fingerprint density at radius 2 is 2.00 bits per heavy atom. The summed E-state index contributed by atoms with van der Waals surface area (Å²) in [5, 5.41) is 4.58. The molecule has 8 heteroatoms. The number of H-pyrrole nitrogens is 1. The first kappa shape index (κ1) is 20.5. The van der Waals surface area contributed by atoms with Crippen molar-refractivity contribution in [3.8, 4) is 11.1 Å². The zero-order valence-corrected chi connectivity index (χ0v) is 18.7. The molecule has 0 bridgehead atoms. The molecule has 1 saturated carbocycles. The van der Waals surface area contributed by atoms with Gasteiger partial charge in [-0.2, -0.15) is 0 Å². The summed E-state index contributed by atoms with van der Waals surface area (Å²) in [6, 6.07) is 8.07. The van der Waals surface area contributed by atoms with Crippen molar-refractivity contribution >= 4 is 21.8 Å². The van der Waals surface area contributed by atoms with Gasteiger partial charge in [0.05, 0.1) is 0 Å². The van der Waals surface area contributed by atoms with Crippen LogP contribution < -0.4 is 15.6 Å². The molecule has 2 atom stereocenters. The Morgan fingerprint density at radius 1 is 1.19 bits per heavy atom. The number of thiol groups is 1. The van der Waals surface area contributed by atoms with Crippen molar-refractivity contribution in [1.82, 2.24) is 19.6 Å². The lowest BCUT2D eigenvalue weighted by molar-refractivity contribution is 0.286. The molecule has 0 radical (unpaired) electrons. The van der Waals surface area contributed by atoms with Crippen molar-refractivity contribution in [3.63, 3.8) is 0 Å². The Balaban J connectivity index is 1.69. The summed E-state index contributed by atoms with van der Waals surface area (Å²) in [4.78, 5) is 15.7. The maximum atomic E-state index is 12.6. The molecule has 1 aliphatic heterocycles. The van der Waals surface area contributed by atoms with Crippen LogP contribution in [0.4, 0.5) is 0 Å². The fourth-order valence-corrected chi connectivity index (χ4v) is 5.53. The standard InChI is InChI=1S/C23H28N4O3S/c1-14(26-31(29)30)15-3-4-16(20-12-23(6-7-23)8-10-24-20)18(11-15)19-13-27(2)22(28)21-17(19)5-9-25-21/h3-5,9,11,13-14,20,24-25,31H,6-8,10,12H2,1-2H3,(H,26,29,30). The number of nitrogens with zero attached hydrogens (tertiary/aromatic N) is 1. The van der Waals surface area contributed by atoms with E-state index in [1.807, 2.05) is 25.3 Å². The summed E-state index contributed by atoms with van der Waals surface area (Å²) >= 11 is 0. The minimum absolute atomic E-state index is 0.0624. The van der Waals surface area contributed by atoms with Crippen molar-refractivity contribution in [2.24, 2.45) is 12.5 Å². The predicted molar refractivity (Wildman–Crippen MR) is 122 cm³/mol. The largest absolute Gasteiger partial charge is 0.357 e. The van der Waals surface area contributed by atoms with Gasteiger partial charge in [-0.1, -0.05) is 12.1 Å². The third-order valence-corrected chi connectivity index (χ3v) is 7.67. The number of aromatic amines is 1. The lowest BCUT2D eigenvalue weighted by Gasteiger charge is -2.32. The smallest absolute Gasteiger partial charge is 0.274 e. The van der Waals surface area contributed by atoms with E-state index in [2.05, 4.69) is 27.2 Å². The third kappa shape index (κ3) is 3.73. The molecule has 3 heterocycles. The van der Waals surface area contributed by atoms with Gasteiger partial charge in [0.2, 0.25) is 10.9 Å². The Bertz CT molecular complexity index is 1280. The number of hydrogen-bond acceptors (Lipinski definition) is 4. The van der Waals surface area contributed by atoms with Gasteiger partial charge in [0.15, 0.2) is 0 Å². The number of nitrogens with one attached hydrogen (secondary N) is 3. The molecule has 1 saturated heterocycles. The van der Waals surface area contributed by atoms with Crippen molar-refractivity contribution in [2.45, 2.75) is 44.7 Å². The minimum Gasteiger partial charge on any atom is -0.357 e. The predicted octanol–water partition coefficient (Wildman–Crippen LogP) is 2.92. The van der Waals surface area contributed by atoms with E-state index in [0.717, 1.165) is 35.0 Å². The number of rotatable bonds is 5. The van der Waals surface area contributed by atoms with Crippen LogP contribution in [0.1, 0.15) is 55.8 Å². The number of aromatic nitrogens is 2. The van der Waals surface area contributed by atoms with Crippen LogP contribution in [0.3, 0.4) is 0 Å². The average molecular weight is 441 g/mol. The second-order valence-corrected chi connectivity index (χ2v) is 9.91. The quantitative estimate of drug-likeness (QED) is 0.459. The average Bonchev–Trinajstić information content (AvgIpc) is 3.29. The lowest BCUT2D eigenvalue weighted by Crippen LogP contribution is -2.33. The summed E-state index contributed by atoms with van der Waals surface area (Å²) in [5.74, 6) is 0. The fraction of sp³-hybridized carbons (Fsp3) is 0.435. The summed E-state index contributed by atoms with van der Waals surface area (Å²) in [5.41, 5.74) is 5.12. The Labute approximate surface area is 183 Å². The summed E-state index contributed by atoms with van der Waals surface area (Å²) < 4.78 is 26.7. The maximum absolute atomic E-state index is 12.6. The highest BCUT2D eigenvalue weighted by atomic mass is 32.2. The van der Waals surface area contributed by atoms with Crippen LogP contribution in [0.5, 0.6) is 0 Å². The molecule has 1 aromatic carbocycles. The monoisotopic (exact) mass is 440 g/mol. The molecule has 7 nitrogen and oxygen atoms in total. The van der Waals surface area contributed by atoms with Crippen LogP contribution in [-0.2, 0) is 17.9 Å². The van der Waals surface area contributed by atoms with Crippen molar-refractivity contribution in [1.29, 1.82) is 0 Å². The van der Waals surface area contributed by atoms with Gasteiger partial charge in [0.25, 0.3) is 5.56 Å². The molecule has 1 aliphatic carbocycles. The van der Waals surface area contributed by atoms with Gasteiger partial charge in [-0.15, -0.1) is 0 Å². The van der Waals surface area contributed by atoms with E-state index in [4.69, 9.17) is 0 Å². The minimum atomic E-state index is -2.69. The normalized spacial score (nSPS) is 21.1. The Hall–Kier alpha value is -2.42. The number of pyridine rings is 1. The molecule has 2 unspecified atom stereocenters. The van der Waals surface area contributed by atoms with Crippen LogP contribution in [0.25, 0.3) is 22.0 Å². The first-order valence-electron chi connectivity index (χ1n) is 10.8. The highest BCUT2D eigenvalue weighted by molar-refractivity contribution is 7.70. The van der Waals surface area contributed by atoms with Crippen LogP contribution in [0, 0.1) is 5.41 Å². The van der Waals surface area contributed by atoms with E-state index in [0.29, 0.717) is 10.9 Å². The topological polar surface area (TPSA) is 96.0 Å². The SMILES string of the molecule is CC(N[SH](=O)=O)c1ccc(C2CC3(CCN2)CC3)c(-c2cn(C)c(=O)c3[nH]ccc23)c1. The van der Waals surface area contributed by atoms with Crippen LogP contribution in [0.15, 0.2) is 41.5 Å². The molecule has 1 spiro atoms. The van der Waals surface area contributed by atoms with Crippen molar-refractivity contribution in [3.05, 3.63) is 58.1 Å². The van der Waals surface area contributed by atoms with E-state index in [9.17, 15) is 13.2 Å². The van der Waals surface area contributed by atoms with Gasteiger partial charge >= 0.3 is 0 Å². The van der Waals surface area contributed by atoms with Gasteiger partial charge in [-0.3, -0.25) is 4.79 Å². The molecule has 2 fully saturated rings. The van der Waals surface area contributed by atoms with E-state index < -0.39 is 10.9 Å². The second-order valence-electron chi connectivity index (χ2n) is 9.14. The fourth-order valence-electron chi connectivity index (χ4n) is 5.07. The van der Waals surface area contributed by atoms with Crippen LogP contribution >= 0.6 is 0 Å².